The molecule has 0 aromatic carbocycles. The highest BCUT2D eigenvalue weighted by Gasteiger charge is 2.27. The van der Waals surface area contributed by atoms with Gasteiger partial charge in [-0.15, -0.1) is 5.10 Å². The van der Waals surface area contributed by atoms with E-state index in [1.54, 1.807) is 6.92 Å². The van der Waals surface area contributed by atoms with Crippen LogP contribution in [0, 0.1) is 6.92 Å². The molecule has 1 amide bonds. The highest BCUT2D eigenvalue weighted by atomic mass is 16.2. The monoisotopic (exact) mass is 223 g/mol. The van der Waals surface area contributed by atoms with E-state index in [1.807, 2.05) is 11.8 Å². The van der Waals surface area contributed by atoms with Gasteiger partial charge in [0.15, 0.2) is 0 Å². The van der Waals surface area contributed by atoms with E-state index >= 15 is 0 Å². The van der Waals surface area contributed by atoms with Crippen molar-refractivity contribution in [3.8, 4) is 0 Å². The Balaban J connectivity index is 2.11. The molecule has 1 aliphatic rings. The largest absolute Gasteiger partial charge is 0.332 e. The number of carbonyl (C=O) groups excluding carboxylic acids is 1. The lowest BCUT2D eigenvalue weighted by Gasteiger charge is -2.25. The molecule has 1 saturated heterocycles. The van der Waals surface area contributed by atoms with Crippen LogP contribution in [-0.4, -0.2) is 51.7 Å². The molecule has 1 unspecified atom stereocenters. The number of hydrogen-bond donors (Lipinski definition) is 2. The average Bonchev–Trinajstić information content (AvgIpc) is 2.90. The van der Waals surface area contributed by atoms with Crippen molar-refractivity contribution in [1.29, 1.82) is 0 Å². The van der Waals surface area contributed by atoms with Gasteiger partial charge in [0, 0.05) is 19.1 Å². The lowest BCUT2D eigenvalue weighted by Crippen LogP contribution is -2.41. The molecule has 2 rings (SSSR count). The van der Waals surface area contributed by atoms with Crippen LogP contribution in [0.25, 0.3) is 0 Å². The zero-order chi connectivity index (χ0) is 11.5. The summed E-state index contributed by atoms with van der Waals surface area (Å²) in [4.78, 5) is 18.0. The lowest BCUT2D eigenvalue weighted by atomic mass is 10.2. The van der Waals surface area contributed by atoms with Crippen LogP contribution in [0.4, 0.5) is 0 Å². The molecule has 1 aromatic heterocycles. The Kier molecular flexibility index (Phi) is 3.19. The number of aryl methyl sites for hydroxylation is 1. The molecule has 0 bridgehead atoms. The van der Waals surface area contributed by atoms with Crippen LogP contribution in [0.15, 0.2) is 0 Å². The molecule has 1 atom stereocenters. The fraction of sp³-hybridized carbons (Fsp3) is 0.700. The molecule has 16 heavy (non-hydrogen) atoms. The summed E-state index contributed by atoms with van der Waals surface area (Å²) in [5.41, 5.74) is 0. The maximum absolute atomic E-state index is 12.1. The summed E-state index contributed by atoms with van der Waals surface area (Å²) in [5.74, 6) is 0.857. The molecule has 6 nitrogen and oxygen atoms in total. The molecule has 6 heteroatoms. The maximum atomic E-state index is 12.1. The highest BCUT2D eigenvalue weighted by molar-refractivity contribution is 5.90. The number of hydrogen-bond acceptors (Lipinski definition) is 4. The van der Waals surface area contributed by atoms with Crippen molar-refractivity contribution in [2.75, 3.05) is 19.6 Å². The Morgan fingerprint density at radius 1 is 1.62 bits per heavy atom. The molecule has 0 radical (unpaired) electrons. The van der Waals surface area contributed by atoms with Crippen LogP contribution < -0.4 is 5.32 Å². The molecular weight excluding hydrogens is 206 g/mol. The molecule has 1 aromatic rings. The van der Waals surface area contributed by atoms with Crippen molar-refractivity contribution in [2.45, 2.75) is 26.3 Å². The molecule has 2 heterocycles. The number of nitrogens with one attached hydrogen (secondary N) is 2. The number of nitrogens with zero attached hydrogens (tertiary/aromatic N) is 3. The van der Waals surface area contributed by atoms with Crippen molar-refractivity contribution < 1.29 is 4.79 Å². The zero-order valence-corrected chi connectivity index (χ0v) is 9.66. The van der Waals surface area contributed by atoms with E-state index in [9.17, 15) is 4.79 Å². The topological polar surface area (TPSA) is 73.9 Å². The lowest BCUT2D eigenvalue weighted by molar-refractivity contribution is 0.0691. The second-order valence-electron chi connectivity index (χ2n) is 3.98. The van der Waals surface area contributed by atoms with Gasteiger partial charge < -0.3 is 10.2 Å². The Bertz CT molecular complexity index is 369. The maximum Gasteiger partial charge on any atom is 0.293 e. The molecule has 2 N–H and O–H groups in total. The van der Waals surface area contributed by atoms with E-state index in [-0.39, 0.29) is 17.8 Å². The van der Waals surface area contributed by atoms with Crippen molar-refractivity contribution >= 4 is 5.91 Å². The van der Waals surface area contributed by atoms with Gasteiger partial charge in [0.05, 0.1) is 0 Å². The molecule has 0 aliphatic carbocycles. The van der Waals surface area contributed by atoms with E-state index in [1.165, 1.54) is 0 Å². The van der Waals surface area contributed by atoms with Gasteiger partial charge >= 0.3 is 0 Å². The van der Waals surface area contributed by atoms with Gasteiger partial charge in [-0.25, -0.2) is 4.98 Å². The Morgan fingerprint density at radius 2 is 2.44 bits per heavy atom. The van der Waals surface area contributed by atoms with Gasteiger partial charge in [-0.2, -0.15) is 0 Å². The third kappa shape index (κ3) is 2.06. The van der Waals surface area contributed by atoms with Gasteiger partial charge in [0.1, 0.15) is 5.82 Å². The fourth-order valence-corrected chi connectivity index (χ4v) is 2.04. The predicted molar refractivity (Wildman–Crippen MR) is 59.1 cm³/mol. The third-order valence-electron chi connectivity index (χ3n) is 2.87. The molecular formula is C10H17N5O. The molecule has 0 saturated carbocycles. The standard InChI is InChI=1S/C10H17N5O/c1-3-15(8-4-5-11-6-8)10(16)9-12-7(2)13-14-9/h8,11H,3-6H2,1-2H3,(H,12,13,14). The third-order valence-corrected chi connectivity index (χ3v) is 2.87. The summed E-state index contributed by atoms with van der Waals surface area (Å²) < 4.78 is 0. The summed E-state index contributed by atoms with van der Waals surface area (Å²) in [6.07, 6.45) is 1.00. The summed E-state index contributed by atoms with van der Waals surface area (Å²) in [7, 11) is 0. The van der Waals surface area contributed by atoms with Crippen molar-refractivity contribution in [2.24, 2.45) is 0 Å². The number of amides is 1. The van der Waals surface area contributed by atoms with Crippen molar-refractivity contribution in [1.82, 2.24) is 25.4 Å². The first-order valence-corrected chi connectivity index (χ1v) is 5.63. The van der Waals surface area contributed by atoms with Gasteiger partial charge in [0.2, 0.25) is 5.82 Å². The predicted octanol–water partition coefficient (Wildman–Crippen LogP) is -0.0629. The summed E-state index contributed by atoms with van der Waals surface area (Å²) >= 11 is 0. The van der Waals surface area contributed by atoms with Crippen LogP contribution in [0.1, 0.15) is 29.8 Å². The van der Waals surface area contributed by atoms with Crippen LogP contribution >= 0.6 is 0 Å². The zero-order valence-electron chi connectivity index (χ0n) is 9.66. The van der Waals surface area contributed by atoms with Crippen molar-refractivity contribution in [3.63, 3.8) is 0 Å². The molecule has 1 fully saturated rings. The second-order valence-corrected chi connectivity index (χ2v) is 3.98. The van der Waals surface area contributed by atoms with E-state index in [2.05, 4.69) is 20.5 Å². The Labute approximate surface area is 94.4 Å². The average molecular weight is 223 g/mol. The SMILES string of the molecule is CCN(C(=O)c1n[nH]c(C)n1)C1CCNC1. The normalized spacial score (nSPS) is 20.0. The minimum absolute atomic E-state index is 0.0828. The Hall–Kier alpha value is -1.43. The van der Waals surface area contributed by atoms with E-state index in [0.29, 0.717) is 12.4 Å². The summed E-state index contributed by atoms with van der Waals surface area (Å²) in [6, 6.07) is 0.274. The number of aromatic nitrogens is 3. The second kappa shape index (κ2) is 4.61. The smallest absolute Gasteiger partial charge is 0.293 e. The van der Waals surface area contributed by atoms with Gasteiger partial charge in [-0.05, 0) is 26.8 Å². The van der Waals surface area contributed by atoms with Crippen LogP contribution in [-0.2, 0) is 0 Å². The van der Waals surface area contributed by atoms with Crippen LogP contribution in [0.2, 0.25) is 0 Å². The first kappa shape index (κ1) is 11.1. The van der Waals surface area contributed by atoms with Gasteiger partial charge in [-0.3, -0.25) is 9.89 Å². The van der Waals surface area contributed by atoms with E-state index in [0.717, 1.165) is 19.5 Å². The minimum atomic E-state index is -0.0828. The quantitative estimate of drug-likeness (QED) is 0.752. The number of aromatic amines is 1. The molecule has 0 spiro atoms. The highest BCUT2D eigenvalue weighted by Crippen LogP contribution is 2.11. The van der Waals surface area contributed by atoms with E-state index < -0.39 is 0 Å². The van der Waals surface area contributed by atoms with Crippen LogP contribution in [0.3, 0.4) is 0 Å². The van der Waals surface area contributed by atoms with Gasteiger partial charge in [-0.1, -0.05) is 0 Å². The molecule has 88 valence electrons. The first-order valence-electron chi connectivity index (χ1n) is 5.63. The number of H-pyrrole nitrogens is 1. The summed E-state index contributed by atoms with van der Waals surface area (Å²) in [6.45, 7) is 6.30. The summed E-state index contributed by atoms with van der Waals surface area (Å²) in [5, 5.41) is 9.86. The number of rotatable bonds is 3. The molecule has 1 aliphatic heterocycles. The van der Waals surface area contributed by atoms with Gasteiger partial charge in [0.25, 0.3) is 5.91 Å². The fourth-order valence-electron chi connectivity index (χ4n) is 2.04. The number of likely N-dealkylation sites (N-methyl/N-ethyl adjacent to an activating group) is 1. The number of carbonyl (C=O) groups is 1. The minimum Gasteiger partial charge on any atom is -0.332 e. The van der Waals surface area contributed by atoms with Crippen molar-refractivity contribution in [3.05, 3.63) is 11.6 Å². The Morgan fingerprint density at radius 3 is 2.94 bits per heavy atom. The first-order chi connectivity index (χ1) is 7.72. The van der Waals surface area contributed by atoms with E-state index in [4.69, 9.17) is 0 Å². The van der Waals surface area contributed by atoms with Crippen LogP contribution in [0.5, 0.6) is 0 Å².